The Balaban J connectivity index is 1.66. The smallest absolute Gasteiger partial charge is 0.408 e. The fourth-order valence-corrected chi connectivity index (χ4v) is 4.66. The number of carboxylic acids is 1. The number of hydrogen-bond donors (Lipinski definition) is 2. The SMILES string of the molecule is CC(C)CC(C(=O)O)N(CCc1cccc(OCc2csc3ccc(Cl)cc23)c1)C(=O)O. The van der Waals surface area contributed by atoms with Gasteiger partial charge in [-0.3, -0.25) is 4.90 Å². The number of benzene rings is 2. The molecule has 0 aliphatic rings. The van der Waals surface area contributed by atoms with Gasteiger partial charge in [0, 0.05) is 27.2 Å². The number of carbonyl (C=O) groups is 2. The molecule has 0 radical (unpaired) electrons. The van der Waals surface area contributed by atoms with E-state index in [0.717, 1.165) is 26.1 Å². The van der Waals surface area contributed by atoms with E-state index in [1.165, 1.54) is 0 Å². The lowest BCUT2D eigenvalue weighted by molar-refractivity contribution is -0.143. The highest BCUT2D eigenvalue weighted by molar-refractivity contribution is 7.17. The first-order valence-corrected chi connectivity index (χ1v) is 11.6. The van der Waals surface area contributed by atoms with Gasteiger partial charge >= 0.3 is 12.1 Å². The monoisotopic (exact) mass is 475 g/mol. The molecule has 0 bridgehead atoms. The lowest BCUT2D eigenvalue weighted by atomic mass is 10.0. The molecule has 3 aromatic rings. The number of aliphatic carboxylic acids is 1. The highest BCUT2D eigenvalue weighted by atomic mass is 35.5. The molecule has 6 nitrogen and oxygen atoms in total. The van der Waals surface area contributed by atoms with Crippen molar-refractivity contribution in [2.24, 2.45) is 5.92 Å². The number of thiophene rings is 1. The Labute approximate surface area is 196 Å². The van der Waals surface area contributed by atoms with Gasteiger partial charge in [-0.05, 0) is 60.0 Å². The average molecular weight is 476 g/mol. The highest BCUT2D eigenvalue weighted by Gasteiger charge is 2.29. The minimum Gasteiger partial charge on any atom is -0.489 e. The number of ether oxygens (including phenoxy) is 1. The summed E-state index contributed by atoms with van der Waals surface area (Å²) in [6, 6.07) is 12.2. The summed E-state index contributed by atoms with van der Waals surface area (Å²) in [6.07, 6.45) is -0.570. The van der Waals surface area contributed by atoms with Crippen LogP contribution in [0.2, 0.25) is 5.02 Å². The van der Waals surface area contributed by atoms with E-state index in [2.05, 4.69) is 5.38 Å². The lowest BCUT2D eigenvalue weighted by Gasteiger charge is -2.27. The molecule has 0 saturated heterocycles. The zero-order chi connectivity index (χ0) is 23.3. The van der Waals surface area contributed by atoms with Gasteiger partial charge < -0.3 is 14.9 Å². The van der Waals surface area contributed by atoms with E-state index in [4.69, 9.17) is 16.3 Å². The number of carboxylic acid groups (broad SMARTS) is 2. The molecule has 1 atom stereocenters. The first kappa shape index (κ1) is 23.9. The van der Waals surface area contributed by atoms with Crippen LogP contribution in [0.25, 0.3) is 10.1 Å². The molecule has 0 aliphatic heterocycles. The molecule has 1 unspecified atom stereocenters. The highest BCUT2D eigenvalue weighted by Crippen LogP contribution is 2.29. The molecule has 1 amide bonds. The van der Waals surface area contributed by atoms with Crippen molar-refractivity contribution in [2.45, 2.75) is 39.3 Å². The van der Waals surface area contributed by atoms with Crippen LogP contribution in [0, 0.1) is 5.92 Å². The zero-order valence-corrected chi connectivity index (χ0v) is 19.5. The molecule has 2 aromatic carbocycles. The topological polar surface area (TPSA) is 87.1 Å². The van der Waals surface area contributed by atoms with Crippen molar-refractivity contribution in [3.63, 3.8) is 0 Å². The van der Waals surface area contributed by atoms with Gasteiger partial charge in [-0.1, -0.05) is 37.6 Å². The Morgan fingerprint density at radius 2 is 1.94 bits per heavy atom. The van der Waals surface area contributed by atoms with Crippen LogP contribution < -0.4 is 4.74 Å². The van der Waals surface area contributed by atoms with Crippen LogP contribution in [0.3, 0.4) is 0 Å². The minimum atomic E-state index is -1.23. The fraction of sp³-hybridized carbons (Fsp3) is 0.333. The van der Waals surface area contributed by atoms with E-state index in [9.17, 15) is 19.8 Å². The summed E-state index contributed by atoms with van der Waals surface area (Å²) in [6.45, 7) is 4.24. The fourth-order valence-electron chi connectivity index (χ4n) is 3.56. The van der Waals surface area contributed by atoms with Crippen LogP contribution >= 0.6 is 22.9 Å². The molecule has 0 saturated carbocycles. The van der Waals surface area contributed by atoms with Crippen LogP contribution in [-0.4, -0.2) is 39.8 Å². The molecular weight excluding hydrogens is 450 g/mol. The van der Waals surface area contributed by atoms with Gasteiger partial charge in [-0.2, -0.15) is 0 Å². The molecule has 0 spiro atoms. The normalized spacial score (nSPS) is 12.1. The van der Waals surface area contributed by atoms with Crippen molar-refractivity contribution in [2.75, 3.05) is 6.54 Å². The van der Waals surface area contributed by atoms with E-state index in [0.29, 0.717) is 23.8 Å². The predicted octanol–water partition coefficient (Wildman–Crippen LogP) is 6.16. The van der Waals surface area contributed by atoms with E-state index in [1.807, 2.05) is 56.3 Å². The molecule has 1 aromatic heterocycles. The maximum absolute atomic E-state index is 11.7. The summed E-state index contributed by atoms with van der Waals surface area (Å²) in [5, 5.41) is 22.9. The van der Waals surface area contributed by atoms with E-state index in [1.54, 1.807) is 11.3 Å². The molecule has 0 aliphatic carbocycles. The van der Waals surface area contributed by atoms with E-state index < -0.39 is 18.1 Å². The lowest BCUT2D eigenvalue weighted by Crippen LogP contribution is -2.46. The summed E-state index contributed by atoms with van der Waals surface area (Å²) >= 11 is 7.75. The molecule has 2 N–H and O–H groups in total. The molecule has 0 fully saturated rings. The third-order valence-corrected chi connectivity index (χ3v) is 6.40. The van der Waals surface area contributed by atoms with Crippen LogP contribution in [0.15, 0.2) is 47.8 Å². The van der Waals surface area contributed by atoms with Gasteiger partial charge in [0.25, 0.3) is 0 Å². The largest absolute Gasteiger partial charge is 0.489 e. The number of nitrogens with zero attached hydrogens (tertiary/aromatic N) is 1. The number of amides is 1. The van der Waals surface area contributed by atoms with E-state index >= 15 is 0 Å². The quantitative estimate of drug-likeness (QED) is 0.367. The molecule has 170 valence electrons. The Hall–Kier alpha value is -2.77. The Bertz CT molecular complexity index is 1100. The summed E-state index contributed by atoms with van der Waals surface area (Å²) in [5.41, 5.74) is 1.92. The summed E-state index contributed by atoms with van der Waals surface area (Å²) in [5.74, 6) is -0.387. The Morgan fingerprint density at radius 1 is 1.16 bits per heavy atom. The molecule has 3 rings (SSSR count). The summed E-state index contributed by atoms with van der Waals surface area (Å²) in [7, 11) is 0. The second-order valence-electron chi connectivity index (χ2n) is 8.05. The van der Waals surface area contributed by atoms with Gasteiger partial charge in [0.1, 0.15) is 18.4 Å². The second kappa shape index (κ2) is 10.7. The predicted molar refractivity (Wildman–Crippen MR) is 127 cm³/mol. The first-order valence-electron chi connectivity index (χ1n) is 10.3. The third kappa shape index (κ3) is 6.14. The standard InChI is InChI=1S/C24H26ClNO5S/c1-15(2)10-21(23(27)28)26(24(29)30)9-8-16-4-3-5-19(11-16)31-13-17-14-32-22-7-6-18(25)12-20(17)22/h3-7,11-12,14-15,21H,8-10,13H2,1-2H3,(H,27,28)(H,29,30). The summed E-state index contributed by atoms with van der Waals surface area (Å²) < 4.78 is 7.11. The second-order valence-corrected chi connectivity index (χ2v) is 9.39. The van der Waals surface area contributed by atoms with Crippen molar-refractivity contribution in [1.82, 2.24) is 4.90 Å². The van der Waals surface area contributed by atoms with Crippen molar-refractivity contribution in [3.8, 4) is 5.75 Å². The van der Waals surface area contributed by atoms with Gasteiger partial charge in [0.05, 0.1) is 0 Å². The van der Waals surface area contributed by atoms with Crippen LogP contribution in [0.5, 0.6) is 5.75 Å². The number of fused-ring (bicyclic) bond motifs is 1. The maximum Gasteiger partial charge on any atom is 0.408 e. The molecule has 32 heavy (non-hydrogen) atoms. The number of hydrogen-bond acceptors (Lipinski definition) is 4. The number of rotatable bonds is 10. The van der Waals surface area contributed by atoms with Crippen LogP contribution in [0.4, 0.5) is 4.79 Å². The van der Waals surface area contributed by atoms with Gasteiger partial charge in [-0.25, -0.2) is 9.59 Å². The van der Waals surface area contributed by atoms with Crippen LogP contribution in [0.1, 0.15) is 31.4 Å². The Kier molecular flexibility index (Phi) is 7.99. The summed E-state index contributed by atoms with van der Waals surface area (Å²) in [4.78, 5) is 24.3. The van der Waals surface area contributed by atoms with E-state index in [-0.39, 0.29) is 18.9 Å². The molecule has 1 heterocycles. The van der Waals surface area contributed by atoms with Crippen molar-refractivity contribution < 1.29 is 24.5 Å². The number of halogens is 1. The average Bonchev–Trinajstić information content (AvgIpc) is 3.13. The van der Waals surface area contributed by atoms with Crippen LogP contribution in [-0.2, 0) is 17.8 Å². The van der Waals surface area contributed by atoms with Crippen molar-refractivity contribution >= 4 is 45.1 Å². The van der Waals surface area contributed by atoms with Crippen molar-refractivity contribution in [1.29, 1.82) is 0 Å². The zero-order valence-electron chi connectivity index (χ0n) is 18.0. The molecule has 8 heteroatoms. The van der Waals surface area contributed by atoms with Crippen molar-refractivity contribution in [3.05, 3.63) is 64.0 Å². The molecular formula is C24H26ClNO5S. The van der Waals surface area contributed by atoms with Gasteiger partial charge in [-0.15, -0.1) is 11.3 Å². The first-order chi connectivity index (χ1) is 15.2. The third-order valence-electron chi connectivity index (χ3n) is 5.15. The van der Waals surface area contributed by atoms with Gasteiger partial charge in [0.2, 0.25) is 0 Å². The maximum atomic E-state index is 11.7. The van der Waals surface area contributed by atoms with Gasteiger partial charge in [0.15, 0.2) is 0 Å². The Morgan fingerprint density at radius 3 is 2.62 bits per heavy atom. The minimum absolute atomic E-state index is 0.0674.